The SMILES string of the molecule is C=C([S-])CCC[CH2+]. The highest BCUT2D eigenvalue weighted by Crippen LogP contribution is 2.00. The van der Waals surface area contributed by atoms with Gasteiger partial charge < -0.3 is 12.6 Å². The van der Waals surface area contributed by atoms with Gasteiger partial charge in [-0.05, 0) is 12.8 Å². The quantitative estimate of drug-likeness (QED) is 0.399. The van der Waals surface area contributed by atoms with Gasteiger partial charge in [-0.15, -0.1) is 6.58 Å². The molecule has 7 heavy (non-hydrogen) atoms. The standard InChI is InChI=1S/C6H10S/c1-3-4-5-6(2)7/h1-5H2. The largest absolute Gasteiger partial charge is 0.784 e. The molecule has 0 nitrogen and oxygen atoms in total. The van der Waals surface area contributed by atoms with Crippen LogP contribution in [-0.2, 0) is 12.6 Å². The predicted molar refractivity (Wildman–Crippen MR) is 35.7 cm³/mol. The van der Waals surface area contributed by atoms with E-state index in [2.05, 4.69) is 13.5 Å². The average molecular weight is 114 g/mol. The van der Waals surface area contributed by atoms with Gasteiger partial charge in [-0.3, -0.25) is 0 Å². The van der Waals surface area contributed by atoms with E-state index in [1.54, 1.807) is 0 Å². The zero-order chi connectivity index (χ0) is 5.70. The molecule has 0 atom stereocenters. The van der Waals surface area contributed by atoms with E-state index in [-0.39, 0.29) is 0 Å². The van der Waals surface area contributed by atoms with Gasteiger partial charge in [0.2, 0.25) is 0 Å². The highest BCUT2D eigenvalue weighted by atomic mass is 32.1. The van der Waals surface area contributed by atoms with E-state index in [0.29, 0.717) is 0 Å². The summed E-state index contributed by atoms with van der Waals surface area (Å²) < 4.78 is 0. The van der Waals surface area contributed by atoms with Gasteiger partial charge in [0.1, 0.15) is 0 Å². The first-order valence-electron chi connectivity index (χ1n) is 2.41. The topological polar surface area (TPSA) is 0 Å². The molecule has 0 radical (unpaired) electrons. The maximum atomic E-state index is 4.72. The van der Waals surface area contributed by atoms with Gasteiger partial charge in [0.25, 0.3) is 0 Å². The van der Waals surface area contributed by atoms with Crippen molar-refractivity contribution in [1.82, 2.24) is 0 Å². The number of allylic oxidation sites excluding steroid dienone is 1. The van der Waals surface area contributed by atoms with Crippen LogP contribution >= 0.6 is 0 Å². The van der Waals surface area contributed by atoms with Crippen LogP contribution in [0.5, 0.6) is 0 Å². The Morgan fingerprint density at radius 3 is 2.43 bits per heavy atom. The van der Waals surface area contributed by atoms with E-state index in [1.807, 2.05) is 0 Å². The molecule has 0 aromatic heterocycles. The molecule has 0 aromatic carbocycles. The Morgan fingerprint density at radius 2 is 2.29 bits per heavy atom. The first-order valence-corrected chi connectivity index (χ1v) is 2.82. The molecule has 0 aliphatic heterocycles. The summed E-state index contributed by atoms with van der Waals surface area (Å²) >= 11 is 4.72. The van der Waals surface area contributed by atoms with Gasteiger partial charge in [0.05, 0.1) is 13.3 Å². The monoisotopic (exact) mass is 114 g/mol. The van der Waals surface area contributed by atoms with E-state index in [1.165, 1.54) is 0 Å². The molecule has 0 unspecified atom stereocenters. The van der Waals surface area contributed by atoms with Crippen LogP contribution in [0.15, 0.2) is 11.5 Å². The molecule has 1 heteroatoms. The van der Waals surface area contributed by atoms with Crippen LogP contribution in [0.25, 0.3) is 0 Å². The van der Waals surface area contributed by atoms with Crippen molar-refractivity contribution in [2.45, 2.75) is 19.3 Å². The second kappa shape index (κ2) is 4.00. The van der Waals surface area contributed by atoms with Crippen LogP contribution in [0.3, 0.4) is 0 Å². The molecule has 40 valence electrons. The fourth-order valence-corrected chi connectivity index (χ4v) is 0.467. The summed E-state index contributed by atoms with van der Waals surface area (Å²) in [6.07, 6.45) is 3.01. The van der Waals surface area contributed by atoms with E-state index in [9.17, 15) is 0 Å². The molecule has 0 fully saturated rings. The van der Waals surface area contributed by atoms with Crippen LogP contribution in [-0.4, -0.2) is 0 Å². The van der Waals surface area contributed by atoms with Gasteiger partial charge in [-0.1, -0.05) is 0 Å². The van der Waals surface area contributed by atoms with Gasteiger partial charge in [0, 0.05) is 0 Å². The second-order valence-electron chi connectivity index (χ2n) is 1.50. The van der Waals surface area contributed by atoms with Crippen molar-refractivity contribution in [2.75, 3.05) is 0 Å². The molecule has 0 aromatic rings. The molecule has 0 amide bonds. The third-order valence-electron chi connectivity index (χ3n) is 0.706. The maximum Gasteiger partial charge on any atom is 0.0853 e. The molecule has 0 aliphatic carbocycles. The van der Waals surface area contributed by atoms with E-state index in [4.69, 9.17) is 12.6 Å². The lowest BCUT2D eigenvalue weighted by Gasteiger charge is -2.04. The minimum Gasteiger partial charge on any atom is -0.784 e. The molecule has 0 saturated carbocycles. The van der Waals surface area contributed by atoms with Crippen molar-refractivity contribution >= 4 is 12.6 Å². The number of rotatable bonds is 3. The molecule has 0 N–H and O–H groups in total. The summed E-state index contributed by atoms with van der Waals surface area (Å²) in [6, 6.07) is 0. The van der Waals surface area contributed by atoms with Crippen molar-refractivity contribution < 1.29 is 0 Å². The van der Waals surface area contributed by atoms with Gasteiger partial charge in [-0.25, -0.2) is 4.91 Å². The molecule has 0 aliphatic rings. The van der Waals surface area contributed by atoms with Crippen LogP contribution in [0.2, 0.25) is 0 Å². The molecular weight excluding hydrogens is 104 g/mol. The smallest absolute Gasteiger partial charge is 0.0853 e. The number of unbranched alkanes of at least 4 members (excludes halogenated alkanes) is 1. The first kappa shape index (κ1) is 6.83. The van der Waals surface area contributed by atoms with Crippen molar-refractivity contribution in [1.29, 1.82) is 0 Å². The van der Waals surface area contributed by atoms with Crippen molar-refractivity contribution in [3.05, 3.63) is 18.4 Å². The van der Waals surface area contributed by atoms with E-state index in [0.717, 1.165) is 24.2 Å². The van der Waals surface area contributed by atoms with Crippen LogP contribution in [0.4, 0.5) is 0 Å². The first-order chi connectivity index (χ1) is 3.27. The van der Waals surface area contributed by atoms with Crippen molar-refractivity contribution in [3.63, 3.8) is 0 Å². The third-order valence-corrected chi connectivity index (χ3v) is 0.910. The maximum absolute atomic E-state index is 4.72. The summed E-state index contributed by atoms with van der Waals surface area (Å²) in [5.74, 6) is 0. The van der Waals surface area contributed by atoms with E-state index < -0.39 is 0 Å². The zero-order valence-corrected chi connectivity index (χ0v) is 5.26. The lowest BCUT2D eigenvalue weighted by atomic mass is 10.2. The summed E-state index contributed by atoms with van der Waals surface area (Å²) in [5.41, 5.74) is 0. The second-order valence-corrected chi connectivity index (χ2v) is 2.07. The molecule has 0 spiro atoms. The van der Waals surface area contributed by atoms with Gasteiger partial charge in [0.15, 0.2) is 0 Å². The summed E-state index contributed by atoms with van der Waals surface area (Å²) in [6.45, 7) is 7.25. The lowest BCUT2D eigenvalue weighted by molar-refractivity contribution is 0.860. The van der Waals surface area contributed by atoms with Crippen molar-refractivity contribution in [2.24, 2.45) is 0 Å². The van der Waals surface area contributed by atoms with E-state index >= 15 is 0 Å². The van der Waals surface area contributed by atoms with Crippen LogP contribution in [0.1, 0.15) is 19.3 Å². The Morgan fingerprint density at radius 1 is 1.71 bits per heavy atom. The van der Waals surface area contributed by atoms with Crippen LogP contribution in [0, 0.1) is 6.92 Å². The fraction of sp³-hybridized carbons (Fsp3) is 0.500. The summed E-state index contributed by atoms with van der Waals surface area (Å²) in [4.78, 5) is 0.851. The number of hydrogen-bond acceptors (Lipinski definition) is 1. The molecule has 0 rings (SSSR count). The molecule has 0 saturated heterocycles. The Hall–Kier alpha value is -0.170. The Labute approximate surface area is 51.0 Å². The normalized spacial score (nSPS) is 8.57. The summed E-state index contributed by atoms with van der Waals surface area (Å²) in [5, 5.41) is 0. The molecule has 0 heterocycles. The van der Waals surface area contributed by atoms with Gasteiger partial charge >= 0.3 is 0 Å². The molecular formula is C6H10S. The highest BCUT2D eigenvalue weighted by molar-refractivity contribution is 7.63. The van der Waals surface area contributed by atoms with Crippen molar-refractivity contribution in [3.8, 4) is 0 Å². The fourth-order valence-electron chi connectivity index (χ4n) is 0.322. The Kier molecular flexibility index (Phi) is 3.90. The Balaban J connectivity index is 2.82. The highest BCUT2D eigenvalue weighted by Gasteiger charge is 1.79. The minimum atomic E-state index is 0.851. The summed E-state index contributed by atoms with van der Waals surface area (Å²) in [7, 11) is 0. The lowest BCUT2D eigenvalue weighted by Crippen LogP contribution is -1.72. The Bertz CT molecular complexity index is 57.2. The predicted octanol–water partition coefficient (Wildman–Crippen LogP) is 2.05. The van der Waals surface area contributed by atoms with Crippen LogP contribution < -0.4 is 0 Å². The third kappa shape index (κ3) is 5.83. The average Bonchev–Trinajstić information content (AvgIpc) is 1.61. The molecule has 0 bridgehead atoms. The number of hydrogen-bond donors (Lipinski definition) is 0. The van der Waals surface area contributed by atoms with Gasteiger partial charge in [-0.2, -0.15) is 0 Å². The minimum absolute atomic E-state index is 0.851. The zero-order valence-electron chi connectivity index (χ0n) is 4.44.